The molecule has 0 heterocycles. The molecule has 0 radical (unpaired) electrons. The lowest BCUT2D eigenvalue weighted by molar-refractivity contribution is -0.165. The normalized spacial score (nSPS) is 18.9. The topological polar surface area (TPSA) is 160 Å². The number of aryl methyl sites for hydroxylation is 6. The maximum Gasteiger partial charge on any atom is 0.338 e. The summed E-state index contributed by atoms with van der Waals surface area (Å²) in [5.41, 5.74) is 7.97. The third kappa shape index (κ3) is 9.62. The number of rotatable bonds is 10. The third-order valence-electron chi connectivity index (χ3n) is 9.53. The van der Waals surface area contributed by atoms with Crippen LogP contribution in [0.5, 0.6) is 0 Å². The molecule has 2 unspecified atom stereocenters. The van der Waals surface area contributed by atoms with Crippen LogP contribution in [0.15, 0.2) is 36.4 Å². The van der Waals surface area contributed by atoms with Crippen LogP contribution in [-0.2, 0) is 33.9 Å². The molecule has 1 N–H and O–H groups in total. The Morgan fingerprint density at radius 3 is 1.31 bits per heavy atom. The molecule has 1 fully saturated rings. The van der Waals surface area contributed by atoms with Gasteiger partial charge in [-0.3, -0.25) is 9.35 Å². The van der Waals surface area contributed by atoms with Gasteiger partial charge in [-0.2, -0.15) is 8.42 Å². The van der Waals surface area contributed by atoms with Crippen LogP contribution in [0.25, 0.3) is 0 Å². The lowest BCUT2D eigenvalue weighted by atomic mass is 9.81. The molecule has 11 nitrogen and oxygen atoms in total. The fourth-order valence-corrected chi connectivity index (χ4v) is 6.80. The second-order valence-corrected chi connectivity index (χ2v) is 15.2. The molecule has 0 saturated heterocycles. The molecule has 0 aromatic heterocycles. The molecule has 3 aromatic carbocycles. The van der Waals surface area contributed by atoms with Crippen LogP contribution in [0, 0.1) is 68.2 Å². The van der Waals surface area contributed by atoms with E-state index in [1.54, 1.807) is 39.0 Å². The van der Waals surface area contributed by atoms with Gasteiger partial charge in [-0.25, -0.2) is 14.4 Å². The molecule has 12 heteroatoms. The summed E-state index contributed by atoms with van der Waals surface area (Å²) in [7, 11) is -4.48. The smallest absolute Gasteiger partial charge is 0.338 e. The summed E-state index contributed by atoms with van der Waals surface area (Å²) in [5, 5.41) is 0. The van der Waals surface area contributed by atoms with Crippen molar-refractivity contribution in [3.8, 4) is 0 Å². The van der Waals surface area contributed by atoms with Crippen LogP contribution in [0.3, 0.4) is 0 Å². The van der Waals surface area contributed by atoms with Crippen molar-refractivity contribution in [2.24, 2.45) is 5.92 Å². The van der Waals surface area contributed by atoms with Gasteiger partial charge < -0.3 is 18.9 Å². The van der Waals surface area contributed by atoms with Gasteiger partial charge in [0.1, 0.15) is 36.6 Å². The predicted octanol–water partition coefficient (Wildman–Crippen LogP) is 6.28. The number of ether oxygens (including phenoxy) is 4. The quantitative estimate of drug-likeness (QED) is 0.143. The number of hydrogen-bond acceptors (Lipinski definition) is 10. The van der Waals surface area contributed by atoms with Crippen molar-refractivity contribution in [1.82, 2.24) is 0 Å². The van der Waals surface area contributed by atoms with Crippen LogP contribution >= 0.6 is 0 Å². The number of benzene rings is 3. The van der Waals surface area contributed by atoms with Crippen molar-refractivity contribution in [2.75, 3.05) is 12.4 Å². The second kappa shape index (κ2) is 15.8. The van der Waals surface area contributed by atoms with Crippen molar-refractivity contribution in [3.05, 3.63) is 103 Å². The van der Waals surface area contributed by atoms with Gasteiger partial charge in [0.25, 0.3) is 10.1 Å². The minimum absolute atomic E-state index is 0.153. The molecule has 51 heavy (non-hydrogen) atoms. The monoisotopic (exact) mass is 722 g/mol. The largest absolute Gasteiger partial charge is 0.464 e. The molecule has 1 aliphatic rings. The number of hydrogen-bond donors (Lipinski definition) is 1. The van der Waals surface area contributed by atoms with Crippen molar-refractivity contribution >= 4 is 34.0 Å². The standard InChI is InChI=1S/C39H46O11S/c1-20-12-23(4)26(7)30(15-20)36(40)48-29-18-33(49-37(41)31-16-21(2)13-24(5)27(31)8)35(39(43)47-10-11-51(44,45)46)34(19-29)50-38(42)32-17-22(3)14-25(6)28(32)9/h12-17,29,33-35H,10-11,18-19H2,1-9H3,(H,44,45,46). The Labute approximate surface area is 299 Å². The summed E-state index contributed by atoms with van der Waals surface area (Å²) in [6.45, 7) is 15.7. The first-order valence-corrected chi connectivity index (χ1v) is 18.3. The predicted molar refractivity (Wildman–Crippen MR) is 190 cm³/mol. The van der Waals surface area contributed by atoms with Crippen LogP contribution in [0.4, 0.5) is 0 Å². The van der Waals surface area contributed by atoms with Gasteiger partial charge >= 0.3 is 23.9 Å². The van der Waals surface area contributed by atoms with Crippen LogP contribution in [0.1, 0.15) is 94.0 Å². The van der Waals surface area contributed by atoms with Crippen molar-refractivity contribution in [1.29, 1.82) is 0 Å². The average molecular weight is 723 g/mol. The number of carbonyl (C=O) groups is 4. The van der Waals surface area contributed by atoms with E-state index in [0.29, 0.717) is 16.7 Å². The minimum atomic E-state index is -4.48. The first kappa shape index (κ1) is 39.2. The zero-order chi connectivity index (χ0) is 37.9. The van der Waals surface area contributed by atoms with E-state index in [9.17, 15) is 32.1 Å². The highest BCUT2D eigenvalue weighted by Crippen LogP contribution is 2.35. The van der Waals surface area contributed by atoms with E-state index < -0.39 is 70.6 Å². The Hall–Kier alpha value is -4.55. The van der Waals surface area contributed by atoms with Gasteiger partial charge in [0.05, 0.1) is 16.7 Å². The summed E-state index contributed by atoms with van der Waals surface area (Å²) >= 11 is 0. The fourth-order valence-electron chi connectivity index (χ4n) is 6.51. The van der Waals surface area contributed by atoms with E-state index in [1.807, 2.05) is 59.7 Å². The molecule has 1 aliphatic carbocycles. The average Bonchev–Trinajstić information content (AvgIpc) is 3.01. The van der Waals surface area contributed by atoms with Crippen molar-refractivity contribution < 1.29 is 51.1 Å². The first-order chi connectivity index (χ1) is 23.7. The zero-order valence-electron chi connectivity index (χ0n) is 30.5. The molecular weight excluding hydrogens is 676 g/mol. The van der Waals surface area contributed by atoms with Gasteiger partial charge in [0.2, 0.25) is 0 Å². The van der Waals surface area contributed by atoms with E-state index in [-0.39, 0.29) is 24.0 Å². The maximum absolute atomic E-state index is 13.8. The number of esters is 4. The fraction of sp³-hybridized carbons (Fsp3) is 0.436. The van der Waals surface area contributed by atoms with Gasteiger partial charge in [0, 0.05) is 12.8 Å². The van der Waals surface area contributed by atoms with E-state index in [1.165, 1.54) is 0 Å². The highest BCUT2D eigenvalue weighted by molar-refractivity contribution is 7.85. The zero-order valence-corrected chi connectivity index (χ0v) is 31.4. The Bertz CT molecular complexity index is 1900. The molecule has 274 valence electrons. The lowest BCUT2D eigenvalue weighted by Crippen LogP contribution is -2.51. The maximum atomic E-state index is 13.8. The molecule has 4 rings (SSSR count). The van der Waals surface area contributed by atoms with Gasteiger partial charge in [-0.15, -0.1) is 0 Å². The second-order valence-electron chi connectivity index (χ2n) is 13.6. The minimum Gasteiger partial charge on any atom is -0.464 e. The van der Waals surface area contributed by atoms with E-state index in [2.05, 4.69) is 0 Å². The van der Waals surface area contributed by atoms with Crippen LogP contribution in [-0.4, -0.2) is 67.5 Å². The van der Waals surface area contributed by atoms with E-state index in [0.717, 1.165) is 38.9 Å². The SMILES string of the molecule is Cc1cc(C)c(C)c(C(=O)OC2CC(OC(=O)c3cc(C)cc(C)c3C)C(C(=O)OCCS(=O)(=O)O)C(OC(=O)c3cc(C)cc(C)c3C)C2)c1. The summed E-state index contributed by atoms with van der Waals surface area (Å²) in [5.74, 6) is -5.48. The van der Waals surface area contributed by atoms with Crippen LogP contribution in [0.2, 0.25) is 0 Å². The Balaban J connectivity index is 1.77. The third-order valence-corrected chi connectivity index (χ3v) is 10.2. The summed E-state index contributed by atoms with van der Waals surface area (Å²) in [6.07, 6.45) is -3.95. The Kier molecular flexibility index (Phi) is 12.1. The Morgan fingerprint density at radius 1 is 0.608 bits per heavy atom. The molecule has 0 amide bonds. The van der Waals surface area contributed by atoms with Crippen LogP contribution < -0.4 is 0 Å². The first-order valence-electron chi connectivity index (χ1n) is 16.7. The molecule has 0 bridgehead atoms. The van der Waals surface area contributed by atoms with E-state index >= 15 is 0 Å². The van der Waals surface area contributed by atoms with Crippen molar-refractivity contribution in [3.63, 3.8) is 0 Å². The summed E-state index contributed by atoms with van der Waals surface area (Å²) in [6, 6.07) is 10.8. The Morgan fingerprint density at radius 2 is 0.961 bits per heavy atom. The lowest BCUT2D eigenvalue weighted by Gasteiger charge is -2.39. The molecule has 0 aliphatic heterocycles. The van der Waals surface area contributed by atoms with Gasteiger partial charge in [0.15, 0.2) is 0 Å². The highest BCUT2D eigenvalue weighted by atomic mass is 32.2. The molecule has 1 saturated carbocycles. The molecular formula is C39H46O11S. The van der Waals surface area contributed by atoms with Gasteiger partial charge in [-0.05, 0) is 131 Å². The van der Waals surface area contributed by atoms with Crippen molar-refractivity contribution in [2.45, 2.75) is 93.5 Å². The number of carbonyl (C=O) groups excluding carboxylic acids is 4. The van der Waals surface area contributed by atoms with Gasteiger partial charge in [-0.1, -0.05) is 18.2 Å². The summed E-state index contributed by atoms with van der Waals surface area (Å²) in [4.78, 5) is 55.0. The highest BCUT2D eigenvalue weighted by Gasteiger charge is 2.49. The molecule has 3 aromatic rings. The summed E-state index contributed by atoms with van der Waals surface area (Å²) < 4.78 is 55.3. The molecule has 2 atom stereocenters. The molecule has 0 spiro atoms. The van der Waals surface area contributed by atoms with E-state index in [4.69, 9.17) is 18.9 Å².